The number of aromatic nitrogens is 2. The minimum absolute atomic E-state index is 0.118. The van der Waals surface area contributed by atoms with E-state index >= 15 is 0 Å². The molecule has 3 aromatic rings. The molecule has 0 saturated carbocycles. The average molecular weight is 398 g/mol. The van der Waals surface area contributed by atoms with Gasteiger partial charge in [0.05, 0.1) is 19.4 Å². The van der Waals surface area contributed by atoms with Crippen molar-refractivity contribution in [2.24, 2.45) is 0 Å². The van der Waals surface area contributed by atoms with Crippen LogP contribution in [0.3, 0.4) is 0 Å². The van der Waals surface area contributed by atoms with E-state index in [2.05, 4.69) is 20.8 Å². The molecule has 0 radical (unpaired) electrons. The molecule has 0 saturated heterocycles. The maximum Gasteiger partial charge on any atom is 0.277 e. The Morgan fingerprint density at radius 2 is 1.93 bits per heavy atom. The van der Waals surface area contributed by atoms with Crippen LogP contribution in [0, 0.1) is 13.8 Å². The van der Waals surface area contributed by atoms with Gasteiger partial charge in [-0.2, -0.15) is 0 Å². The summed E-state index contributed by atoms with van der Waals surface area (Å²) in [6.07, 6.45) is 0. The fourth-order valence-electron chi connectivity index (χ4n) is 2.52. The van der Waals surface area contributed by atoms with Gasteiger partial charge in [0.2, 0.25) is 11.8 Å². The van der Waals surface area contributed by atoms with Crippen molar-refractivity contribution in [3.05, 3.63) is 59.5 Å². The molecule has 28 heavy (non-hydrogen) atoms. The van der Waals surface area contributed by atoms with E-state index in [4.69, 9.17) is 9.15 Å². The predicted octanol–water partition coefficient (Wildman–Crippen LogP) is 4.04. The van der Waals surface area contributed by atoms with Crippen molar-refractivity contribution in [1.29, 1.82) is 0 Å². The Balaban J connectivity index is 1.46. The van der Waals surface area contributed by atoms with E-state index in [1.165, 1.54) is 11.8 Å². The zero-order chi connectivity index (χ0) is 19.9. The molecule has 0 aliphatic rings. The highest BCUT2D eigenvalue weighted by molar-refractivity contribution is 7.99. The summed E-state index contributed by atoms with van der Waals surface area (Å²) in [4.78, 5) is 12.1. The van der Waals surface area contributed by atoms with Crippen molar-refractivity contribution in [3.63, 3.8) is 0 Å². The molecule has 8 heteroatoms. The van der Waals surface area contributed by atoms with Gasteiger partial charge in [-0.1, -0.05) is 29.5 Å². The molecule has 0 aliphatic carbocycles. The minimum Gasteiger partial charge on any atom is -0.497 e. The van der Waals surface area contributed by atoms with Gasteiger partial charge < -0.3 is 19.8 Å². The zero-order valence-corrected chi connectivity index (χ0v) is 16.8. The molecule has 2 N–H and O–H groups in total. The Kier molecular flexibility index (Phi) is 6.54. The number of carbonyl (C=O) groups is 1. The number of amides is 1. The van der Waals surface area contributed by atoms with Crippen molar-refractivity contribution >= 4 is 29.0 Å². The highest BCUT2D eigenvalue weighted by Gasteiger charge is 2.11. The smallest absolute Gasteiger partial charge is 0.277 e. The molecule has 0 bridgehead atoms. The number of benzene rings is 2. The molecule has 0 unspecified atom stereocenters. The summed E-state index contributed by atoms with van der Waals surface area (Å²) in [5.74, 6) is 1.32. The van der Waals surface area contributed by atoms with Crippen LogP contribution in [-0.4, -0.2) is 29.0 Å². The number of ether oxygens (including phenoxy) is 1. The van der Waals surface area contributed by atoms with Crippen LogP contribution >= 0.6 is 11.8 Å². The monoisotopic (exact) mass is 398 g/mol. The summed E-state index contributed by atoms with van der Waals surface area (Å²) in [5.41, 5.74) is 3.92. The van der Waals surface area contributed by atoms with Gasteiger partial charge in [-0.3, -0.25) is 4.79 Å². The standard InChI is InChI=1S/C20H22N4O3S/c1-13-4-9-17(14(2)10-13)22-18(25)12-28-20-24-23-19(27-20)11-21-15-5-7-16(26-3)8-6-15/h4-10,21H,11-12H2,1-3H3,(H,22,25). The number of methoxy groups -OCH3 is 1. The molecule has 7 nitrogen and oxygen atoms in total. The minimum atomic E-state index is -0.118. The number of anilines is 2. The van der Waals surface area contributed by atoms with E-state index in [1.807, 2.05) is 56.3 Å². The Hall–Kier alpha value is -3.00. The topological polar surface area (TPSA) is 89.3 Å². The number of aryl methyl sites for hydroxylation is 2. The summed E-state index contributed by atoms with van der Waals surface area (Å²) in [7, 11) is 1.63. The summed E-state index contributed by atoms with van der Waals surface area (Å²) >= 11 is 1.21. The van der Waals surface area contributed by atoms with Crippen LogP contribution in [0.4, 0.5) is 11.4 Å². The van der Waals surface area contributed by atoms with E-state index in [0.717, 1.165) is 28.3 Å². The molecular weight excluding hydrogens is 376 g/mol. The molecular formula is C20H22N4O3S. The molecule has 0 spiro atoms. The fraction of sp³-hybridized carbons (Fsp3) is 0.250. The first kappa shape index (κ1) is 19.8. The van der Waals surface area contributed by atoms with Crippen molar-refractivity contribution in [3.8, 4) is 5.75 Å². The van der Waals surface area contributed by atoms with Gasteiger partial charge >= 0.3 is 0 Å². The first-order chi connectivity index (χ1) is 13.5. The molecule has 1 aromatic heterocycles. The number of rotatable bonds is 8. The maximum absolute atomic E-state index is 12.1. The van der Waals surface area contributed by atoms with Crippen LogP contribution in [0.5, 0.6) is 5.75 Å². The van der Waals surface area contributed by atoms with Crippen molar-refractivity contribution in [2.75, 3.05) is 23.5 Å². The lowest BCUT2D eigenvalue weighted by molar-refractivity contribution is -0.113. The number of thioether (sulfide) groups is 1. The fourth-order valence-corrected chi connectivity index (χ4v) is 3.10. The Morgan fingerprint density at radius 3 is 2.64 bits per heavy atom. The van der Waals surface area contributed by atoms with Crippen LogP contribution in [0.1, 0.15) is 17.0 Å². The van der Waals surface area contributed by atoms with E-state index in [-0.39, 0.29) is 11.7 Å². The highest BCUT2D eigenvalue weighted by atomic mass is 32.2. The number of hydrogen-bond donors (Lipinski definition) is 2. The molecule has 1 amide bonds. The van der Waals surface area contributed by atoms with Crippen molar-refractivity contribution < 1.29 is 13.9 Å². The predicted molar refractivity (Wildman–Crippen MR) is 110 cm³/mol. The average Bonchev–Trinajstić information content (AvgIpc) is 3.15. The van der Waals surface area contributed by atoms with Crippen LogP contribution < -0.4 is 15.4 Å². The first-order valence-corrected chi connectivity index (χ1v) is 9.72. The van der Waals surface area contributed by atoms with Gasteiger partial charge in [-0.05, 0) is 49.7 Å². The summed E-state index contributed by atoms with van der Waals surface area (Å²) in [5, 5.41) is 14.4. The molecule has 2 aromatic carbocycles. The Bertz CT molecular complexity index is 941. The second kappa shape index (κ2) is 9.27. The highest BCUT2D eigenvalue weighted by Crippen LogP contribution is 2.20. The molecule has 1 heterocycles. The lowest BCUT2D eigenvalue weighted by atomic mass is 10.1. The normalized spacial score (nSPS) is 10.5. The third kappa shape index (κ3) is 5.50. The summed E-state index contributed by atoms with van der Waals surface area (Å²) in [6, 6.07) is 13.4. The van der Waals surface area contributed by atoms with Crippen LogP contribution in [-0.2, 0) is 11.3 Å². The van der Waals surface area contributed by atoms with Crippen molar-refractivity contribution in [2.45, 2.75) is 25.6 Å². The van der Waals surface area contributed by atoms with Crippen LogP contribution in [0.2, 0.25) is 0 Å². The second-order valence-corrected chi connectivity index (χ2v) is 7.13. The van der Waals surface area contributed by atoms with E-state index in [9.17, 15) is 4.79 Å². The van der Waals surface area contributed by atoms with Crippen LogP contribution in [0.25, 0.3) is 0 Å². The summed E-state index contributed by atoms with van der Waals surface area (Å²) in [6.45, 7) is 4.38. The largest absolute Gasteiger partial charge is 0.497 e. The molecule has 0 aliphatic heterocycles. The lowest BCUT2D eigenvalue weighted by Gasteiger charge is -2.08. The van der Waals surface area contributed by atoms with Gasteiger partial charge in [0.15, 0.2) is 0 Å². The number of hydrogen-bond acceptors (Lipinski definition) is 7. The van der Waals surface area contributed by atoms with Gasteiger partial charge in [0.25, 0.3) is 5.22 Å². The number of nitrogens with zero attached hydrogens (tertiary/aromatic N) is 2. The van der Waals surface area contributed by atoms with E-state index in [0.29, 0.717) is 17.7 Å². The maximum atomic E-state index is 12.1. The SMILES string of the molecule is COc1ccc(NCc2nnc(SCC(=O)Nc3ccc(C)cc3C)o2)cc1. The van der Waals surface area contributed by atoms with E-state index in [1.54, 1.807) is 7.11 Å². The van der Waals surface area contributed by atoms with Gasteiger partial charge in [0.1, 0.15) is 5.75 Å². The summed E-state index contributed by atoms with van der Waals surface area (Å²) < 4.78 is 10.7. The number of carbonyl (C=O) groups excluding carboxylic acids is 1. The number of nitrogens with one attached hydrogen (secondary N) is 2. The van der Waals surface area contributed by atoms with Crippen molar-refractivity contribution in [1.82, 2.24) is 10.2 Å². The van der Waals surface area contributed by atoms with Crippen LogP contribution in [0.15, 0.2) is 52.1 Å². The molecule has 146 valence electrons. The van der Waals surface area contributed by atoms with E-state index < -0.39 is 0 Å². The van der Waals surface area contributed by atoms with Gasteiger partial charge in [-0.15, -0.1) is 10.2 Å². The lowest BCUT2D eigenvalue weighted by Crippen LogP contribution is -2.14. The third-order valence-electron chi connectivity index (χ3n) is 3.96. The molecule has 3 rings (SSSR count). The quantitative estimate of drug-likeness (QED) is 0.554. The van der Waals surface area contributed by atoms with Gasteiger partial charge in [0, 0.05) is 11.4 Å². The molecule has 0 atom stereocenters. The second-order valence-electron chi connectivity index (χ2n) is 6.20. The Morgan fingerprint density at radius 1 is 1.14 bits per heavy atom. The van der Waals surface area contributed by atoms with Gasteiger partial charge in [-0.25, -0.2) is 0 Å². The zero-order valence-electron chi connectivity index (χ0n) is 16.0. The molecule has 0 fully saturated rings. The third-order valence-corrected chi connectivity index (χ3v) is 4.78. The Labute approximate surface area is 167 Å². The first-order valence-electron chi connectivity index (χ1n) is 8.73.